The Morgan fingerprint density at radius 3 is 1.18 bits per heavy atom. The summed E-state index contributed by atoms with van der Waals surface area (Å²) in [5, 5.41) is 24.7. The molecule has 0 unspecified atom stereocenters. The highest BCUT2D eigenvalue weighted by Crippen LogP contribution is 2.47. The minimum atomic E-state index is -4.19. The number of carbonyl (C=O) groups is 9. The van der Waals surface area contributed by atoms with E-state index in [1.807, 2.05) is 6.92 Å². The van der Waals surface area contributed by atoms with Crippen LogP contribution in [-0.2, 0) is 126 Å². The number of carboxylic acid groups (broad SMARTS) is 1. The monoisotopic (exact) mass is 1660 g/mol. The van der Waals surface area contributed by atoms with Gasteiger partial charge in [0.1, 0.15) is 25.3 Å². The van der Waals surface area contributed by atoms with Crippen LogP contribution in [0.15, 0.2) is 43.5 Å². The number of esters is 5. The number of primary sulfonamides is 3. The first-order valence-corrected chi connectivity index (χ1v) is 41.9. The lowest BCUT2D eigenvalue weighted by atomic mass is 10.0. The van der Waals surface area contributed by atoms with Gasteiger partial charge in [0, 0.05) is 61.3 Å². The molecule has 0 spiro atoms. The highest BCUT2D eigenvalue weighted by molar-refractivity contribution is 7.96. The molecule has 0 bridgehead atoms. The van der Waals surface area contributed by atoms with Crippen molar-refractivity contribution >= 4 is 182 Å². The second-order valence-electron chi connectivity index (χ2n) is 21.0. The summed E-state index contributed by atoms with van der Waals surface area (Å²) in [7, 11) is -23.1. The summed E-state index contributed by atoms with van der Waals surface area (Å²) >= 11 is 16.8. The molecule has 0 aliphatic carbocycles. The van der Waals surface area contributed by atoms with Gasteiger partial charge in [-0.25, -0.2) is 99.5 Å². The van der Waals surface area contributed by atoms with Crippen LogP contribution in [0.2, 0.25) is 0 Å². The van der Waals surface area contributed by atoms with E-state index in [4.69, 9.17) is 62.7 Å². The van der Waals surface area contributed by atoms with Crippen LogP contribution in [0, 0.1) is 0 Å². The molecule has 10 atom stereocenters. The molecule has 100 heavy (non-hydrogen) atoms. The highest BCUT2D eigenvalue weighted by atomic mass is 35.5. The molecule has 0 saturated carbocycles. The third kappa shape index (κ3) is 25.1. The zero-order valence-electron chi connectivity index (χ0n) is 55.1. The van der Waals surface area contributed by atoms with E-state index in [0.717, 1.165) is 31.3 Å². The topological polar surface area (TPSA) is 549 Å². The van der Waals surface area contributed by atoms with Gasteiger partial charge in [-0.3, -0.25) is 9.59 Å². The second kappa shape index (κ2) is 38.2. The Bertz CT molecular complexity index is 4190. The number of carboxylic acids is 1. The highest BCUT2D eigenvalue weighted by Gasteiger charge is 2.45. The van der Waals surface area contributed by atoms with Crippen molar-refractivity contribution in [3.8, 4) is 0 Å². The molecule has 0 radical (unpaired) electrons. The van der Waals surface area contributed by atoms with Crippen molar-refractivity contribution in [2.45, 2.75) is 186 Å². The van der Waals surface area contributed by atoms with E-state index in [1.54, 1.807) is 20.8 Å². The lowest BCUT2D eigenvalue weighted by molar-refractivity contribution is -0.179. The van der Waals surface area contributed by atoms with E-state index in [1.165, 1.54) is 63.5 Å². The van der Waals surface area contributed by atoms with Gasteiger partial charge in [0.05, 0.1) is 27.8 Å². The minimum absolute atomic E-state index is 0.0354. The fourth-order valence-corrected chi connectivity index (χ4v) is 22.4. The molecular weight excluding hydrogens is 1580 g/mol. The molecule has 6 heterocycles. The van der Waals surface area contributed by atoms with Crippen molar-refractivity contribution in [2.24, 2.45) is 15.4 Å². The maximum absolute atomic E-state index is 12.8. The molecule has 3 aromatic rings. The number of sulfonamides is 3. The molecule has 3 aromatic heterocycles. The van der Waals surface area contributed by atoms with Crippen LogP contribution in [0.4, 0.5) is 14.4 Å². The second-order valence-corrected chi connectivity index (χ2v) is 38.0. The zero-order chi connectivity index (χ0) is 77.3. The predicted octanol–water partition coefficient (Wildman–Crippen LogP) is 4.63. The Hall–Kier alpha value is -5.66. The quantitative estimate of drug-likeness (QED) is 0.0319. The van der Waals surface area contributed by atoms with Crippen molar-refractivity contribution in [3.05, 3.63) is 34.9 Å². The minimum Gasteiger partial charge on any atom is -0.479 e. The maximum Gasteiger partial charge on any atom is 0.413 e. The number of sulfone groups is 3. The molecule has 0 aromatic carbocycles. The SMILES string of the molecule is CC(=O)O[C@@H](C)C(=O)O[C@@H](C)C(=O)O.CCN(C(=O)OCCl)[C@H]1C[C@H](C)S(=O)(=O)c2sc(S(N)(=O)=O)cc21.CCN(C(=O)OCOC(=O)[C@H](C)OC(=O)[C@H](C)OC(C)=O)[C@H]1C[C@H](C)S(=O)(=O)c2sc(S(N)(=O)=O)cc21.CCN[C@H]1C[C@H](C)S(=O)(=O)c2sc(S(N)(=O)=O)cc21.O=C(Cl)OCCl. The summed E-state index contributed by atoms with van der Waals surface area (Å²) < 4.78 is 181. The Balaban J connectivity index is 0.000000466. The molecule has 48 heteroatoms. The number of carbonyl (C=O) groups excluding carboxylic acids is 8. The van der Waals surface area contributed by atoms with Gasteiger partial charge >= 0.3 is 53.4 Å². The lowest BCUT2D eigenvalue weighted by Crippen LogP contribution is -2.41. The zero-order valence-corrected chi connectivity index (χ0v) is 64.7. The molecule has 568 valence electrons. The van der Waals surface area contributed by atoms with Gasteiger partial charge in [0.2, 0.25) is 36.9 Å². The van der Waals surface area contributed by atoms with Gasteiger partial charge in [-0.2, -0.15) is 0 Å². The molecular formula is C52H75Cl3N6O30S9. The van der Waals surface area contributed by atoms with Gasteiger partial charge < -0.3 is 58.1 Å². The Labute approximate surface area is 603 Å². The summed E-state index contributed by atoms with van der Waals surface area (Å²) in [6, 6.07) is 1.59. The Kier molecular flexibility index (Phi) is 34.5. The molecule has 8 N–H and O–H groups in total. The summed E-state index contributed by atoms with van der Waals surface area (Å²) in [5.41, 5.74) is -0.000161. The van der Waals surface area contributed by atoms with E-state index >= 15 is 0 Å². The average molecular weight is 1660 g/mol. The summed E-state index contributed by atoms with van der Waals surface area (Å²) in [6.45, 7) is 17.1. The standard InChI is InChI=1S/C20H28N2O12S3.C12H17ClN2O6S3.C10H16N2O4S3.C8H12O6.C2H2Cl2O2/c1-6-22(15-7-10(2)36(27,28)19-14(15)8-16(35-19)37(21,29)30)20(26)32-9-31-17(24)11(3)34-18(25)12(4)33-13(5)23;1-3-15(12(16)21-6-13)9-4-7(2)23(17,18)11-8(9)5-10(22-11)24(14,19)20;1-3-12-8-4-6(2)18(13,14)10-7(8)5-9(17-10)19(11,15)16;1-4(7(10)11)14-8(12)5(2)13-6(3)9;3-1-6-2(4)5/h8,10-12,15H,6-7,9H2,1-5H3,(H2,21,29,30);5,7,9H,3-4,6H2,1-2H3,(H2,14,19,20);5-6,8,12H,3-4H2,1-2H3,(H2,11,15,16);4-5H,1-3H3,(H,10,11);1H2/t10-,11-,12-,15-;7-,9-;6-,8-;4-,5-;/m0000./s1. The van der Waals surface area contributed by atoms with Crippen LogP contribution in [0.5, 0.6) is 0 Å². The van der Waals surface area contributed by atoms with E-state index < -0.39 is 172 Å². The summed E-state index contributed by atoms with van der Waals surface area (Å²) in [6.07, 6.45) is -6.12. The number of hydrogen-bond donors (Lipinski definition) is 5. The fraction of sp³-hybridized carbons (Fsp3) is 0.596. The van der Waals surface area contributed by atoms with Crippen molar-refractivity contribution in [2.75, 3.05) is 38.6 Å². The third-order valence-corrected chi connectivity index (χ3v) is 30.1. The molecule has 2 amide bonds. The molecule has 6 rings (SSSR count). The number of aliphatic carboxylic acids is 1. The number of halogens is 3. The van der Waals surface area contributed by atoms with Crippen LogP contribution in [-0.4, -0.2) is 198 Å². The van der Waals surface area contributed by atoms with Crippen LogP contribution in [0.1, 0.15) is 137 Å². The first-order valence-electron chi connectivity index (χ1n) is 28.7. The number of rotatable bonds is 21. The van der Waals surface area contributed by atoms with Crippen LogP contribution in [0.3, 0.4) is 0 Å². The maximum atomic E-state index is 12.8. The molecule has 3 aliphatic heterocycles. The molecule has 0 fully saturated rings. The number of fused-ring (bicyclic) bond motifs is 3. The van der Waals surface area contributed by atoms with E-state index in [-0.39, 0.29) is 80.5 Å². The fourth-order valence-electron chi connectivity index (χ4n) is 8.89. The van der Waals surface area contributed by atoms with E-state index in [2.05, 4.69) is 35.9 Å². The normalized spacial score (nSPS) is 20.2. The number of thiophene rings is 3. The first kappa shape index (κ1) is 90.4. The number of nitrogens with zero attached hydrogens (tertiary/aromatic N) is 2. The van der Waals surface area contributed by atoms with Crippen molar-refractivity contribution in [1.29, 1.82) is 0 Å². The number of nitrogens with one attached hydrogen (secondary N) is 1. The third-order valence-electron chi connectivity index (χ3n) is 13.8. The molecule has 36 nitrogen and oxygen atoms in total. The van der Waals surface area contributed by atoms with E-state index in [0.29, 0.717) is 41.2 Å². The van der Waals surface area contributed by atoms with Gasteiger partial charge in [0.25, 0.3) is 0 Å². The lowest BCUT2D eigenvalue weighted by Gasteiger charge is -2.35. The number of hydrogen-bond acceptors (Lipinski definition) is 33. The summed E-state index contributed by atoms with van der Waals surface area (Å²) in [5.74, 6) is -5.51. The number of ether oxygens (including phenoxy) is 8. The molecule has 3 aliphatic rings. The van der Waals surface area contributed by atoms with Gasteiger partial charge in [-0.05, 0) is 106 Å². The van der Waals surface area contributed by atoms with Gasteiger partial charge in [-0.1, -0.05) is 30.1 Å². The number of amides is 2. The number of alkyl halides is 2. The van der Waals surface area contributed by atoms with Crippen LogP contribution < -0.4 is 20.7 Å². The van der Waals surface area contributed by atoms with Crippen LogP contribution >= 0.6 is 68.8 Å². The smallest absolute Gasteiger partial charge is 0.413 e. The Morgan fingerprint density at radius 2 is 0.870 bits per heavy atom. The molecule has 0 saturated heterocycles. The predicted molar refractivity (Wildman–Crippen MR) is 356 cm³/mol. The van der Waals surface area contributed by atoms with Crippen molar-refractivity contribution in [3.63, 3.8) is 0 Å². The van der Waals surface area contributed by atoms with E-state index in [9.17, 15) is 93.7 Å². The van der Waals surface area contributed by atoms with Gasteiger partial charge in [-0.15, -0.1) is 34.0 Å². The van der Waals surface area contributed by atoms with Crippen LogP contribution in [0.25, 0.3) is 0 Å². The van der Waals surface area contributed by atoms with Gasteiger partial charge in [0.15, 0.2) is 66.1 Å². The largest absolute Gasteiger partial charge is 0.479 e. The number of nitrogens with two attached hydrogens (primary N) is 3. The average Bonchev–Trinajstić information content (AvgIpc) is 1.56. The van der Waals surface area contributed by atoms with Crippen molar-refractivity contribution < 1.29 is 137 Å². The summed E-state index contributed by atoms with van der Waals surface area (Å²) in [4.78, 5) is 103. The van der Waals surface area contributed by atoms with Crippen molar-refractivity contribution in [1.82, 2.24) is 15.1 Å². The Morgan fingerprint density at radius 1 is 0.540 bits per heavy atom. The first-order chi connectivity index (χ1) is 45.8.